The van der Waals surface area contributed by atoms with Gasteiger partial charge < -0.3 is 40.1 Å². The van der Waals surface area contributed by atoms with Crippen LogP contribution in [0.1, 0.15) is 118 Å². The Morgan fingerprint density at radius 3 is 1.28 bits per heavy atom. The summed E-state index contributed by atoms with van der Waals surface area (Å²) in [4.78, 5) is 53.5. The number of hydrogen-bond donors (Lipinski definition) is 2. The first-order valence-corrected chi connectivity index (χ1v) is 17.0. The number of rotatable bonds is 14. The van der Waals surface area contributed by atoms with Crippen LogP contribution >= 0.6 is 12.4 Å². The van der Waals surface area contributed by atoms with E-state index in [0.717, 1.165) is 19.3 Å². The molecule has 2 aliphatic rings. The van der Waals surface area contributed by atoms with Gasteiger partial charge >= 0.3 is 30.8 Å². The molecule has 2 N–H and O–H groups in total. The maximum Gasteiger partial charge on any atom is 1.00 e. The van der Waals surface area contributed by atoms with Crippen LogP contribution in [0, 0.1) is 23.7 Å². The second-order valence-electron chi connectivity index (χ2n) is 11.7. The number of ether oxygens (including phenoxy) is 6. The van der Waals surface area contributed by atoms with Gasteiger partial charge in [-0.2, -0.15) is 0 Å². The molecule has 0 aromatic carbocycles. The Kier molecular flexibility index (Phi) is 52.4. The molecular formula is C38H79AlClLiO13. The van der Waals surface area contributed by atoms with Gasteiger partial charge in [-0.05, 0) is 72.3 Å². The average molecular weight is 813 g/mol. The fourth-order valence-electron chi connectivity index (χ4n) is 4.61. The van der Waals surface area contributed by atoms with Gasteiger partial charge in [0.05, 0.1) is 53.9 Å². The predicted octanol–water partition coefficient (Wildman–Crippen LogP) is 2.25. The van der Waals surface area contributed by atoms with Crippen molar-refractivity contribution in [3.8, 4) is 0 Å². The van der Waals surface area contributed by atoms with Crippen LogP contribution in [0.5, 0.6) is 0 Å². The molecule has 0 bridgehead atoms. The zero-order valence-electron chi connectivity index (χ0n) is 34.6. The molecule has 16 heteroatoms. The van der Waals surface area contributed by atoms with Crippen molar-refractivity contribution in [2.75, 3.05) is 53.9 Å². The number of halogens is 1. The third-order valence-corrected chi connectivity index (χ3v) is 8.30. The summed E-state index contributed by atoms with van der Waals surface area (Å²) in [6.45, 7) is 23.7. The minimum atomic E-state index is -0.790. The minimum Gasteiger partial charge on any atom is -1.00 e. The zero-order valence-corrected chi connectivity index (χ0v) is 34.4. The smallest absolute Gasteiger partial charge is 1.00 e. The van der Waals surface area contributed by atoms with E-state index in [0.29, 0.717) is 44.8 Å². The molecule has 0 spiro atoms. The molecule has 0 saturated carbocycles. The van der Waals surface area contributed by atoms with Gasteiger partial charge in [-0.3, -0.25) is 24.0 Å². The summed E-state index contributed by atoms with van der Waals surface area (Å²) in [5.74, 6) is -2.91. The Bertz CT molecular complexity index is 988. The number of ketones is 3. The number of aliphatic hydroxyl groups is 2. The molecule has 2 heterocycles. The van der Waals surface area contributed by atoms with Crippen LogP contribution in [0.15, 0.2) is 12.2 Å². The Morgan fingerprint density at radius 1 is 0.704 bits per heavy atom. The van der Waals surface area contributed by atoms with Crippen molar-refractivity contribution in [3.63, 3.8) is 0 Å². The minimum absolute atomic E-state index is 0. The number of allylic oxidation sites excluding steroid dienone is 1. The van der Waals surface area contributed by atoms with Crippen LogP contribution in [-0.4, -0.2) is 122 Å². The third-order valence-electron chi connectivity index (χ3n) is 8.30. The van der Waals surface area contributed by atoms with E-state index in [1.807, 2.05) is 34.6 Å². The quantitative estimate of drug-likeness (QED) is 0.113. The first-order chi connectivity index (χ1) is 22.9. The van der Waals surface area contributed by atoms with E-state index in [-0.39, 0.29) is 119 Å². The maximum atomic E-state index is 11.4. The molecule has 2 rings (SSSR count). The molecule has 2 aliphatic heterocycles. The predicted molar refractivity (Wildman–Crippen MR) is 217 cm³/mol. The number of Topliss-reactive ketones (excluding diaryl/α,β-unsaturated/α-hetero) is 3. The van der Waals surface area contributed by atoms with Crippen molar-refractivity contribution in [3.05, 3.63) is 12.2 Å². The molecular weight excluding hydrogens is 734 g/mol. The van der Waals surface area contributed by atoms with Crippen LogP contribution in [0.4, 0.5) is 0 Å². The molecule has 0 radical (unpaired) electrons. The van der Waals surface area contributed by atoms with E-state index in [1.165, 1.54) is 35.0 Å². The molecule has 2 fully saturated rings. The molecule has 13 nitrogen and oxygen atoms in total. The zero-order chi connectivity index (χ0) is 38.8. The van der Waals surface area contributed by atoms with Crippen LogP contribution in [0.3, 0.4) is 0 Å². The number of esters is 2. The van der Waals surface area contributed by atoms with E-state index in [9.17, 15) is 24.0 Å². The van der Waals surface area contributed by atoms with E-state index < -0.39 is 23.5 Å². The summed E-state index contributed by atoms with van der Waals surface area (Å²) < 4.78 is 30.7. The average Bonchev–Trinajstić information content (AvgIpc) is 3.72. The largest absolute Gasteiger partial charge is 1.00 e. The summed E-state index contributed by atoms with van der Waals surface area (Å²) in [5, 5.41) is 17.5. The summed E-state index contributed by atoms with van der Waals surface area (Å²) in [6.07, 6.45) is 3.57. The van der Waals surface area contributed by atoms with Crippen molar-refractivity contribution in [1.29, 1.82) is 0 Å². The van der Waals surface area contributed by atoms with Gasteiger partial charge in [-0.15, -0.1) is 12.4 Å². The Hall–Kier alpha value is -1.13. The molecule has 4 unspecified atom stereocenters. The Morgan fingerprint density at radius 2 is 1.11 bits per heavy atom. The second-order valence-corrected chi connectivity index (χ2v) is 11.7. The van der Waals surface area contributed by atoms with Gasteiger partial charge in [0.25, 0.3) is 0 Å². The van der Waals surface area contributed by atoms with E-state index >= 15 is 0 Å². The fraction of sp³-hybridized carbons (Fsp3) is 0.816. The van der Waals surface area contributed by atoms with Crippen LogP contribution in [-0.2, 0) is 52.4 Å². The Labute approximate surface area is 357 Å². The molecule has 0 amide bonds. The number of aliphatic hydroxyl groups excluding tert-OH is 2. The van der Waals surface area contributed by atoms with Gasteiger partial charge in [0.2, 0.25) is 0 Å². The van der Waals surface area contributed by atoms with Gasteiger partial charge in [0, 0.05) is 11.8 Å². The third kappa shape index (κ3) is 28.3. The van der Waals surface area contributed by atoms with Crippen molar-refractivity contribution in [2.24, 2.45) is 23.7 Å². The fourth-order valence-corrected chi connectivity index (χ4v) is 4.61. The number of carbonyl (C=O) groups excluding carboxylic acids is 5. The summed E-state index contributed by atoms with van der Waals surface area (Å²) in [6, 6.07) is 0. The van der Waals surface area contributed by atoms with Gasteiger partial charge in [-0.1, -0.05) is 56.1 Å². The maximum absolute atomic E-state index is 11.4. The summed E-state index contributed by atoms with van der Waals surface area (Å²) >= 11 is 0. The van der Waals surface area contributed by atoms with Gasteiger partial charge in [0.15, 0.2) is 34.7 Å². The normalized spacial score (nSPS) is 16.0. The number of hydrogen-bond acceptors (Lipinski definition) is 13. The van der Waals surface area contributed by atoms with Crippen molar-refractivity contribution < 1.29 is 82.9 Å². The molecule has 4 atom stereocenters. The molecule has 0 aliphatic carbocycles. The molecule has 0 aromatic rings. The summed E-state index contributed by atoms with van der Waals surface area (Å²) in [7, 11) is 2.66. The molecule has 320 valence electrons. The standard InChI is InChI=1S/C9H16O4.C8H16O3.C7H12O3.C6H12O2.C6H10O.2CH4.Al.ClH.Li.4H/c1-4-7(8(10)11-3)9(2)12-5-6-13-9;1-3-7(6-9)8(2)10-4-5-11-8;1-4-6(5(2)8)7(9)10-3;1-3-6(4-7)5(2)8;1-4-5(2)6(3)7;;;;;;;;;/h7H,4-6H2,1-3H3;7,9H,3-6H2,1-2H3;6H,4H2,1-3H3;6-7H,3-4H2,1-2H3;2,4H2,1,3H3;2*1H4;;1H;;;;;/q;;;;;;;;;+1;;;;-1. The summed E-state index contributed by atoms with van der Waals surface area (Å²) in [5.41, 5.74) is 0.708. The van der Waals surface area contributed by atoms with Crippen LogP contribution < -0.4 is 18.9 Å². The van der Waals surface area contributed by atoms with Crippen LogP contribution in [0.25, 0.3) is 0 Å². The monoisotopic (exact) mass is 813 g/mol. The molecule has 0 aromatic heterocycles. The second kappa shape index (κ2) is 40.1. The van der Waals surface area contributed by atoms with E-state index in [2.05, 4.69) is 16.1 Å². The molecule has 2 saturated heterocycles. The number of methoxy groups -OCH3 is 2. The van der Waals surface area contributed by atoms with Gasteiger partial charge in [-0.25, -0.2) is 0 Å². The van der Waals surface area contributed by atoms with Gasteiger partial charge in [0.1, 0.15) is 23.4 Å². The first-order valence-electron chi connectivity index (χ1n) is 17.0. The van der Waals surface area contributed by atoms with E-state index in [4.69, 9.17) is 29.2 Å². The van der Waals surface area contributed by atoms with Crippen molar-refractivity contribution >= 4 is 59.1 Å². The SMILES string of the molecule is C.C.C=C(CC)C(C)=O.CCC(C(=O)OC)C1(C)OCCO1.CCC(C(C)=O)C(=O)OC.CCC(CO)C(C)=O.CCC(CO)C1(C)OCCO1.Cl.[AlH3].[H-].[Li+]. The first kappa shape index (κ1) is 70.7. The van der Waals surface area contributed by atoms with Crippen LogP contribution in [0.2, 0.25) is 0 Å². The van der Waals surface area contributed by atoms with Crippen molar-refractivity contribution in [2.45, 2.75) is 128 Å². The molecule has 54 heavy (non-hydrogen) atoms. The number of carbonyl (C=O) groups is 5. The van der Waals surface area contributed by atoms with Crippen molar-refractivity contribution in [1.82, 2.24) is 0 Å². The van der Waals surface area contributed by atoms with E-state index in [1.54, 1.807) is 13.8 Å². The Balaban J connectivity index is -0.0000000679. The topological polar surface area (TPSA) is 181 Å².